The Kier molecular flexibility index (Phi) is 5.21. The van der Waals surface area contributed by atoms with Gasteiger partial charge < -0.3 is 15.0 Å². The van der Waals surface area contributed by atoms with Crippen molar-refractivity contribution in [1.82, 2.24) is 10.2 Å². The van der Waals surface area contributed by atoms with Crippen LogP contribution in [0.4, 0.5) is 4.79 Å². The standard InChI is InChI=1S/C15H22N2O2/c1-2-19-15(18)17-10-6-9-14(12-17)16-11-13-7-4-3-5-8-13/h3-5,7-8,14,16H,2,6,9-12H2,1H3. The van der Waals surface area contributed by atoms with Crippen molar-refractivity contribution in [3.63, 3.8) is 0 Å². The maximum absolute atomic E-state index is 11.7. The van der Waals surface area contributed by atoms with Crippen molar-refractivity contribution in [2.24, 2.45) is 0 Å². The average Bonchev–Trinajstić information content (AvgIpc) is 2.47. The monoisotopic (exact) mass is 262 g/mol. The van der Waals surface area contributed by atoms with E-state index in [1.54, 1.807) is 4.90 Å². The molecule has 2 rings (SSSR count). The zero-order chi connectivity index (χ0) is 13.5. The third-order valence-electron chi connectivity index (χ3n) is 3.39. The first-order chi connectivity index (χ1) is 9.29. The number of carbonyl (C=O) groups excluding carboxylic acids is 1. The predicted molar refractivity (Wildman–Crippen MR) is 74.9 cm³/mol. The molecule has 0 spiro atoms. The maximum atomic E-state index is 11.7. The average molecular weight is 262 g/mol. The molecule has 1 heterocycles. The second-order valence-electron chi connectivity index (χ2n) is 4.85. The van der Waals surface area contributed by atoms with Crippen LogP contribution in [0, 0.1) is 0 Å². The van der Waals surface area contributed by atoms with E-state index in [1.165, 1.54) is 5.56 Å². The van der Waals surface area contributed by atoms with Crippen LogP contribution in [0.3, 0.4) is 0 Å². The Morgan fingerprint density at radius 3 is 2.95 bits per heavy atom. The van der Waals surface area contributed by atoms with Gasteiger partial charge in [-0.25, -0.2) is 4.79 Å². The molecule has 1 aromatic rings. The molecular formula is C15H22N2O2. The van der Waals surface area contributed by atoms with E-state index in [-0.39, 0.29) is 6.09 Å². The highest BCUT2D eigenvalue weighted by Crippen LogP contribution is 2.12. The van der Waals surface area contributed by atoms with Gasteiger partial charge in [0, 0.05) is 25.7 Å². The molecule has 1 fully saturated rings. The van der Waals surface area contributed by atoms with Crippen LogP contribution in [0.2, 0.25) is 0 Å². The number of nitrogens with one attached hydrogen (secondary N) is 1. The summed E-state index contributed by atoms with van der Waals surface area (Å²) in [5.41, 5.74) is 1.27. The van der Waals surface area contributed by atoms with Crippen molar-refractivity contribution >= 4 is 6.09 Å². The largest absolute Gasteiger partial charge is 0.450 e. The minimum atomic E-state index is -0.186. The van der Waals surface area contributed by atoms with E-state index in [4.69, 9.17) is 4.74 Å². The molecule has 1 N–H and O–H groups in total. The van der Waals surface area contributed by atoms with Crippen LogP contribution in [-0.2, 0) is 11.3 Å². The fourth-order valence-corrected chi connectivity index (χ4v) is 2.38. The van der Waals surface area contributed by atoms with Crippen molar-refractivity contribution in [2.45, 2.75) is 32.4 Å². The van der Waals surface area contributed by atoms with Gasteiger partial charge in [-0.3, -0.25) is 0 Å². The lowest BCUT2D eigenvalue weighted by Gasteiger charge is -2.32. The molecule has 1 unspecified atom stereocenters. The van der Waals surface area contributed by atoms with Gasteiger partial charge >= 0.3 is 6.09 Å². The molecule has 1 amide bonds. The van der Waals surface area contributed by atoms with Crippen LogP contribution in [0.5, 0.6) is 0 Å². The van der Waals surface area contributed by atoms with Gasteiger partial charge in [0.2, 0.25) is 0 Å². The second kappa shape index (κ2) is 7.14. The van der Waals surface area contributed by atoms with Crippen LogP contribution < -0.4 is 5.32 Å². The third-order valence-corrected chi connectivity index (χ3v) is 3.39. The minimum absolute atomic E-state index is 0.186. The lowest BCUT2D eigenvalue weighted by atomic mass is 10.1. The lowest BCUT2D eigenvalue weighted by molar-refractivity contribution is 0.0928. The van der Waals surface area contributed by atoms with E-state index < -0.39 is 0 Å². The number of amides is 1. The number of hydrogen-bond acceptors (Lipinski definition) is 3. The first-order valence-corrected chi connectivity index (χ1v) is 6.98. The normalized spacial score (nSPS) is 19.2. The fraction of sp³-hybridized carbons (Fsp3) is 0.533. The lowest BCUT2D eigenvalue weighted by Crippen LogP contribution is -2.47. The van der Waals surface area contributed by atoms with E-state index in [9.17, 15) is 4.79 Å². The van der Waals surface area contributed by atoms with Gasteiger partial charge in [0.1, 0.15) is 0 Å². The third kappa shape index (κ3) is 4.24. The summed E-state index contributed by atoms with van der Waals surface area (Å²) >= 11 is 0. The predicted octanol–water partition coefficient (Wildman–Crippen LogP) is 2.40. The van der Waals surface area contributed by atoms with Crippen molar-refractivity contribution in [1.29, 1.82) is 0 Å². The summed E-state index contributed by atoms with van der Waals surface area (Å²) in [5.74, 6) is 0. The fourth-order valence-electron chi connectivity index (χ4n) is 2.38. The summed E-state index contributed by atoms with van der Waals surface area (Å²) in [6.07, 6.45) is 1.96. The van der Waals surface area contributed by atoms with Gasteiger partial charge in [-0.2, -0.15) is 0 Å². The quantitative estimate of drug-likeness (QED) is 0.906. The second-order valence-corrected chi connectivity index (χ2v) is 4.85. The molecule has 1 atom stereocenters. The summed E-state index contributed by atoms with van der Waals surface area (Å²) < 4.78 is 5.05. The van der Waals surface area contributed by atoms with E-state index in [2.05, 4.69) is 17.4 Å². The molecule has 19 heavy (non-hydrogen) atoms. The smallest absolute Gasteiger partial charge is 0.409 e. The Hall–Kier alpha value is -1.55. The molecule has 1 aliphatic heterocycles. The van der Waals surface area contributed by atoms with Gasteiger partial charge in [0.15, 0.2) is 0 Å². The summed E-state index contributed by atoms with van der Waals surface area (Å²) in [6, 6.07) is 10.7. The van der Waals surface area contributed by atoms with Crippen molar-refractivity contribution in [3.05, 3.63) is 35.9 Å². The summed E-state index contributed by atoms with van der Waals surface area (Å²) in [7, 11) is 0. The Balaban J connectivity index is 1.79. The SMILES string of the molecule is CCOC(=O)N1CCCC(NCc2ccccc2)C1. The number of ether oxygens (including phenoxy) is 1. The summed E-state index contributed by atoms with van der Waals surface area (Å²) in [6.45, 7) is 4.68. The molecule has 0 aliphatic carbocycles. The van der Waals surface area contributed by atoms with Crippen LogP contribution in [0.25, 0.3) is 0 Å². The number of nitrogens with zero attached hydrogens (tertiary/aromatic N) is 1. The van der Waals surface area contributed by atoms with Crippen molar-refractivity contribution in [2.75, 3.05) is 19.7 Å². The zero-order valence-electron chi connectivity index (χ0n) is 11.5. The molecular weight excluding hydrogens is 240 g/mol. The summed E-state index contributed by atoms with van der Waals surface area (Å²) in [4.78, 5) is 13.5. The number of hydrogen-bond donors (Lipinski definition) is 1. The van der Waals surface area contributed by atoms with Crippen LogP contribution >= 0.6 is 0 Å². The molecule has 1 aromatic carbocycles. The molecule has 0 aromatic heterocycles. The molecule has 0 saturated carbocycles. The highest BCUT2D eigenvalue weighted by molar-refractivity contribution is 5.67. The van der Waals surface area contributed by atoms with E-state index in [0.717, 1.165) is 32.5 Å². The molecule has 4 heteroatoms. The van der Waals surface area contributed by atoms with Gasteiger partial charge in [-0.15, -0.1) is 0 Å². The summed E-state index contributed by atoms with van der Waals surface area (Å²) in [5, 5.41) is 3.52. The van der Waals surface area contributed by atoms with Gasteiger partial charge in [-0.1, -0.05) is 30.3 Å². The van der Waals surface area contributed by atoms with Crippen LogP contribution in [0.15, 0.2) is 30.3 Å². The van der Waals surface area contributed by atoms with E-state index in [1.807, 2.05) is 25.1 Å². The number of piperidine rings is 1. The van der Waals surface area contributed by atoms with Crippen LogP contribution in [-0.4, -0.2) is 36.7 Å². The van der Waals surface area contributed by atoms with Gasteiger partial charge in [0.25, 0.3) is 0 Å². The Labute approximate surface area is 114 Å². The maximum Gasteiger partial charge on any atom is 0.409 e. The number of likely N-dealkylation sites (tertiary alicyclic amines) is 1. The van der Waals surface area contributed by atoms with Crippen LogP contribution in [0.1, 0.15) is 25.3 Å². The highest BCUT2D eigenvalue weighted by atomic mass is 16.6. The molecule has 1 aliphatic rings. The first kappa shape index (κ1) is 13.9. The molecule has 104 valence electrons. The first-order valence-electron chi connectivity index (χ1n) is 6.98. The Morgan fingerprint density at radius 2 is 2.21 bits per heavy atom. The highest BCUT2D eigenvalue weighted by Gasteiger charge is 2.23. The van der Waals surface area contributed by atoms with Gasteiger partial charge in [-0.05, 0) is 25.3 Å². The molecule has 4 nitrogen and oxygen atoms in total. The Bertz CT molecular complexity index is 394. The number of carbonyl (C=O) groups is 1. The topological polar surface area (TPSA) is 41.6 Å². The minimum Gasteiger partial charge on any atom is -0.450 e. The molecule has 1 saturated heterocycles. The van der Waals surface area contributed by atoms with E-state index in [0.29, 0.717) is 12.6 Å². The number of benzene rings is 1. The Morgan fingerprint density at radius 1 is 1.42 bits per heavy atom. The van der Waals surface area contributed by atoms with E-state index >= 15 is 0 Å². The zero-order valence-corrected chi connectivity index (χ0v) is 11.5. The van der Waals surface area contributed by atoms with Gasteiger partial charge in [0.05, 0.1) is 6.61 Å². The number of rotatable bonds is 4. The molecule has 0 radical (unpaired) electrons. The van der Waals surface area contributed by atoms with Crippen molar-refractivity contribution < 1.29 is 9.53 Å². The molecule has 0 bridgehead atoms. The van der Waals surface area contributed by atoms with Crippen molar-refractivity contribution in [3.8, 4) is 0 Å².